The molecule has 0 bridgehead atoms. The van der Waals surface area contributed by atoms with Gasteiger partial charge >= 0.3 is 12.1 Å². The fourth-order valence-corrected chi connectivity index (χ4v) is 4.53. The van der Waals surface area contributed by atoms with E-state index in [1.54, 1.807) is 18.2 Å². The van der Waals surface area contributed by atoms with Crippen molar-refractivity contribution >= 4 is 22.4 Å². The van der Waals surface area contributed by atoms with Gasteiger partial charge in [-0.15, -0.1) is 11.3 Å². The fraction of sp³-hybridized carbons (Fsp3) is 0.429. The maximum absolute atomic E-state index is 12.9. The van der Waals surface area contributed by atoms with Crippen LogP contribution in [0.15, 0.2) is 47.8 Å². The topological polar surface area (TPSA) is 71.9 Å². The number of carbonyl (C=O) groups is 1. The first-order valence-corrected chi connectivity index (χ1v) is 13.3. The van der Waals surface area contributed by atoms with Crippen molar-refractivity contribution < 1.29 is 32.5 Å². The number of aromatic nitrogens is 1. The number of benzene rings is 2. The molecule has 0 saturated carbocycles. The molecule has 0 aliphatic carbocycles. The molecule has 1 heterocycles. The largest absolute Gasteiger partial charge is 0.492 e. The number of halogens is 3. The summed E-state index contributed by atoms with van der Waals surface area (Å²) in [5.74, 6) is 0.0645. The minimum Gasteiger partial charge on any atom is -0.492 e. The van der Waals surface area contributed by atoms with Crippen LogP contribution in [-0.2, 0) is 11.0 Å². The second kappa shape index (κ2) is 12.5. The van der Waals surface area contributed by atoms with Crippen LogP contribution in [0.1, 0.15) is 51.2 Å². The van der Waals surface area contributed by atoms with Gasteiger partial charge in [0.25, 0.3) is 0 Å². The number of carboxylic acid groups (broad SMARTS) is 1. The molecule has 0 unspecified atom stereocenters. The third-order valence-electron chi connectivity index (χ3n) is 5.96. The van der Waals surface area contributed by atoms with E-state index in [0.717, 1.165) is 48.6 Å². The number of aryl methyl sites for hydroxylation is 1. The molecule has 10 heteroatoms. The summed E-state index contributed by atoms with van der Waals surface area (Å²) in [6.45, 7) is 8.70. The van der Waals surface area contributed by atoms with Gasteiger partial charge in [-0.3, -0.25) is 0 Å². The molecule has 0 radical (unpaired) electrons. The highest BCUT2D eigenvalue weighted by Gasteiger charge is 2.31. The Morgan fingerprint density at radius 1 is 1.08 bits per heavy atom. The Labute approximate surface area is 225 Å². The zero-order valence-corrected chi connectivity index (χ0v) is 22.8. The molecule has 0 aliphatic heterocycles. The molecular weight excluding hydrogens is 517 g/mol. The first kappa shape index (κ1) is 29.3. The number of rotatable bonds is 13. The smallest absolute Gasteiger partial charge is 0.416 e. The quantitative estimate of drug-likeness (QED) is 0.223. The molecule has 206 valence electrons. The van der Waals surface area contributed by atoms with Crippen LogP contribution in [0.3, 0.4) is 0 Å². The number of alkyl halides is 3. The summed E-state index contributed by atoms with van der Waals surface area (Å²) in [5.41, 5.74) is -0.00283. The highest BCUT2D eigenvalue weighted by molar-refractivity contribution is 7.14. The SMILES string of the molecule is CCCCCN(CCOc1ccc(OC(C)(C)C(=O)O)c(C)c1)c1nc(-c2ccc(C(F)(F)F)cc2)cs1. The predicted octanol–water partition coefficient (Wildman–Crippen LogP) is 7.45. The van der Waals surface area contributed by atoms with Gasteiger partial charge in [0.2, 0.25) is 0 Å². The maximum Gasteiger partial charge on any atom is 0.416 e. The van der Waals surface area contributed by atoms with Gasteiger partial charge in [0.1, 0.15) is 18.1 Å². The summed E-state index contributed by atoms with van der Waals surface area (Å²) in [6, 6.07) is 10.3. The zero-order chi connectivity index (χ0) is 27.9. The first-order chi connectivity index (χ1) is 17.9. The average molecular weight is 551 g/mol. The molecule has 1 aromatic heterocycles. The Bertz CT molecular complexity index is 1210. The zero-order valence-electron chi connectivity index (χ0n) is 22.0. The predicted molar refractivity (Wildman–Crippen MR) is 143 cm³/mol. The van der Waals surface area contributed by atoms with Crippen LogP contribution in [-0.4, -0.2) is 41.4 Å². The molecule has 6 nitrogen and oxygen atoms in total. The summed E-state index contributed by atoms with van der Waals surface area (Å²) in [6.07, 6.45) is -1.24. The molecule has 1 N–H and O–H groups in total. The van der Waals surface area contributed by atoms with Crippen LogP contribution >= 0.6 is 11.3 Å². The van der Waals surface area contributed by atoms with Gasteiger partial charge in [-0.2, -0.15) is 13.2 Å². The van der Waals surface area contributed by atoms with Crippen LogP contribution in [0.25, 0.3) is 11.3 Å². The normalized spacial score (nSPS) is 11.9. The lowest BCUT2D eigenvalue weighted by molar-refractivity contribution is -0.152. The number of hydrogen-bond donors (Lipinski definition) is 1. The number of anilines is 1. The van der Waals surface area contributed by atoms with Gasteiger partial charge in [0.05, 0.1) is 17.8 Å². The summed E-state index contributed by atoms with van der Waals surface area (Å²) in [5, 5.41) is 11.9. The number of carboxylic acids is 1. The van der Waals surface area contributed by atoms with E-state index in [1.165, 1.54) is 37.3 Å². The van der Waals surface area contributed by atoms with Crippen LogP contribution < -0.4 is 14.4 Å². The highest BCUT2D eigenvalue weighted by atomic mass is 32.1. The Morgan fingerprint density at radius 2 is 1.79 bits per heavy atom. The lowest BCUT2D eigenvalue weighted by atomic mass is 10.1. The van der Waals surface area contributed by atoms with Crippen LogP contribution in [0.4, 0.5) is 18.3 Å². The van der Waals surface area contributed by atoms with Crippen molar-refractivity contribution in [2.45, 2.75) is 58.7 Å². The summed E-state index contributed by atoms with van der Waals surface area (Å²) < 4.78 is 50.3. The molecular formula is C28H33F3N2O4S. The highest BCUT2D eigenvalue weighted by Crippen LogP contribution is 2.33. The molecule has 3 aromatic rings. The molecule has 0 saturated heterocycles. The molecule has 38 heavy (non-hydrogen) atoms. The first-order valence-electron chi connectivity index (χ1n) is 12.4. The monoisotopic (exact) mass is 550 g/mol. The minimum absolute atomic E-state index is 0.390. The van der Waals surface area contributed by atoms with Gasteiger partial charge in [-0.1, -0.05) is 31.9 Å². The molecule has 0 amide bonds. The van der Waals surface area contributed by atoms with Crippen molar-refractivity contribution in [3.05, 3.63) is 59.0 Å². The third-order valence-corrected chi connectivity index (χ3v) is 6.86. The van der Waals surface area contributed by atoms with Crippen molar-refractivity contribution in [3.63, 3.8) is 0 Å². The Balaban J connectivity index is 1.66. The van der Waals surface area contributed by atoms with E-state index in [2.05, 4.69) is 11.8 Å². The summed E-state index contributed by atoms with van der Waals surface area (Å²) in [4.78, 5) is 18.2. The van der Waals surface area contributed by atoms with Crippen molar-refractivity contribution in [1.29, 1.82) is 0 Å². The van der Waals surface area contributed by atoms with Gasteiger partial charge in [0.15, 0.2) is 10.7 Å². The average Bonchev–Trinajstić information content (AvgIpc) is 3.34. The van der Waals surface area contributed by atoms with Gasteiger partial charge in [-0.25, -0.2) is 9.78 Å². The number of unbranched alkanes of at least 4 members (excludes halogenated alkanes) is 2. The summed E-state index contributed by atoms with van der Waals surface area (Å²) in [7, 11) is 0. The fourth-order valence-electron chi connectivity index (χ4n) is 3.65. The Kier molecular flexibility index (Phi) is 9.65. The van der Waals surface area contributed by atoms with E-state index >= 15 is 0 Å². The van der Waals surface area contributed by atoms with Crippen molar-refractivity contribution in [2.75, 3.05) is 24.6 Å². The van der Waals surface area contributed by atoms with Crippen LogP contribution in [0.5, 0.6) is 11.5 Å². The summed E-state index contributed by atoms with van der Waals surface area (Å²) >= 11 is 1.45. The van der Waals surface area contributed by atoms with Gasteiger partial charge in [0, 0.05) is 17.5 Å². The molecule has 2 aromatic carbocycles. The molecule has 0 atom stereocenters. The molecule has 0 fully saturated rings. The second-order valence-electron chi connectivity index (χ2n) is 9.48. The van der Waals surface area contributed by atoms with E-state index in [0.29, 0.717) is 35.9 Å². The van der Waals surface area contributed by atoms with Crippen molar-refractivity contribution in [2.24, 2.45) is 0 Å². The van der Waals surface area contributed by atoms with Crippen molar-refractivity contribution in [1.82, 2.24) is 4.98 Å². The second-order valence-corrected chi connectivity index (χ2v) is 10.3. The van der Waals surface area contributed by atoms with Crippen molar-refractivity contribution in [3.8, 4) is 22.8 Å². The molecule has 3 rings (SSSR count). The number of hydrogen-bond acceptors (Lipinski definition) is 6. The third kappa shape index (κ3) is 7.86. The van der Waals surface area contributed by atoms with E-state index in [-0.39, 0.29) is 0 Å². The molecule has 0 aliphatic rings. The van der Waals surface area contributed by atoms with Crippen LogP contribution in [0, 0.1) is 6.92 Å². The number of aliphatic carboxylic acids is 1. The minimum atomic E-state index is -4.37. The number of ether oxygens (including phenoxy) is 2. The lowest BCUT2D eigenvalue weighted by Crippen LogP contribution is -2.38. The van der Waals surface area contributed by atoms with E-state index in [4.69, 9.17) is 14.5 Å². The Morgan fingerprint density at radius 3 is 2.39 bits per heavy atom. The standard InChI is InChI=1S/C28H33F3N2O4S/c1-5-6-7-14-33(26-32-23(18-38-26)20-8-10-21(11-9-20)28(29,30)31)15-16-36-22-12-13-24(19(2)17-22)37-27(3,4)25(34)35/h8-13,17-18H,5-7,14-16H2,1-4H3,(H,34,35). The van der Waals surface area contributed by atoms with E-state index < -0.39 is 23.3 Å². The van der Waals surface area contributed by atoms with Crippen LogP contribution in [0.2, 0.25) is 0 Å². The lowest BCUT2D eigenvalue weighted by Gasteiger charge is -2.23. The maximum atomic E-state index is 12.9. The van der Waals surface area contributed by atoms with E-state index in [9.17, 15) is 23.1 Å². The number of thiazole rings is 1. The Hall–Kier alpha value is -3.27. The van der Waals surface area contributed by atoms with Gasteiger partial charge in [-0.05, 0) is 63.1 Å². The van der Waals surface area contributed by atoms with Gasteiger partial charge < -0.3 is 19.5 Å². The molecule has 0 spiro atoms. The van der Waals surface area contributed by atoms with E-state index in [1.807, 2.05) is 12.3 Å². The number of nitrogens with zero attached hydrogens (tertiary/aromatic N) is 2.